The van der Waals surface area contributed by atoms with Gasteiger partial charge in [-0.2, -0.15) is 0 Å². The number of rotatable bonds is 14. The number of hydrogen-bond donors (Lipinski definition) is 2. The Morgan fingerprint density at radius 2 is 0.953 bits per heavy atom. The summed E-state index contributed by atoms with van der Waals surface area (Å²) in [5, 5.41) is 6.26. The quantitative estimate of drug-likeness (QED) is 0.123. The van der Waals surface area contributed by atoms with Crippen LogP contribution in [0.1, 0.15) is 31.8 Å². The van der Waals surface area contributed by atoms with E-state index in [1.165, 1.54) is 12.2 Å². The Bertz CT molecular complexity index is 1490. The first-order chi connectivity index (χ1) is 20.9. The zero-order valence-electron chi connectivity index (χ0n) is 24.5. The average Bonchev–Trinajstić information content (AvgIpc) is 3.05. The van der Waals surface area contributed by atoms with Crippen LogP contribution in [0.15, 0.2) is 109 Å². The van der Waals surface area contributed by atoms with E-state index < -0.39 is 0 Å². The average molecular weight is 579 g/mol. The highest BCUT2D eigenvalue weighted by molar-refractivity contribution is 6.05. The third kappa shape index (κ3) is 8.27. The van der Waals surface area contributed by atoms with Crippen molar-refractivity contribution in [3.05, 3.63) is 132 Å². The van der Waals surface area contributed by atoms with Crippen molar-refractivity contribution >= 4 is 22.9 Å². The van der Waals surface area contributed by atoms with Gasteiger partial charge in [-0.3, -0.25) is 9.59 Å². The number of hydrogen-bond acceptors (Lipinski definition) is 8. The molecule has 0 aliphatic carbocycles. The molecule has 0 aromatic heterocycles. The molecule has 0 aliphatic rings. The van der Waals surface area contributed by atoms with Gasteiger partial charge >= 0.3 is 0 Å². The van der Waals surface area contributed by atoms with E-state index in [1.807, 2.05) is 36.4 Å². The lowest BCUT2D eigenvalue weighted by molar-refractivity contribution is 0.103. The van der Waals surface area contributed by atoms with Gasteiger partial charge < -0.3 is 29.6 Å². The van der Waals surface area contributed by atoms with E-state index in [2.05, 4.69) is 10.6 Å². The number of ketones is 2. The van der Waals surface area contributed by atoms with Crippen molar-refractivity contribution in [2.45, 2.75) is 6.42 Å². The van der Waals surface area contributed by atoms with E-state index in [0.717, 1.165) is 22.5 Å². The summed E-state index contributed by atoms with van der Waals surface area (Å²) >= 11 is 0. The van der Waals surface area contributed by atoms with Crippen LogP contribution in [-0.2, 0) is 6.42 Å². The van der Waals surface area contributed by atoms with Gasteiger partial charge in [0, 0.05) is 35.7 Å². The van der Waals surface area contributed by atoms with Crippen molar-refractivity contribution in [2.24, 2.45) is 0 Å². The second kappa shape index (κ2) is 14.9. The minimum absolute atomic E-state index is 0.128. The Morgan fingerprint density at radius 1 is 0.558 bits per heavy atom. The van der Waals surface area contributed by atoms with E-state index in [1.54, 1.807) is 89.4 Å². The van der Waals surface area contributed by atoms with Crippen molar-refractivity contribution < 1.29 is 28.5 Å². The van der Waals surface area contributed by atoms with Crippen LogP contribution < -0.4 is 29.6 Å². The molecular weight excluding hydrogens is 544 g/mol. The normalized spacial score (nSPS) is 10.9. The largest absolute Gasteiger partial charge is 0.497 e. The first-order valence-electron chi connectivity index (χ1n) is 13.5. The summed E-state index contributed by atoms with van der Waals surface area (Å²) in [5.74, 6) is 2.43. The highest BCUT2D eigenvalue weighted by atomic mass is 16.5. The van der Waals surface area contributed by atoms with Crippen LogP contribution in [-0.4, -0.2) is 40.0 Å². The van der Waals surface area contributed by atoms with Crippen molar-refractivity contribution in [2.75, 3.05) is 39.1 Å². The lowest BCUT2D eigenvalue weighted by Gasteiger charge is -2.13. The molecule has 0 radical (unpaired) electrons. The summed E-state index contributed by atoms with van der Waals surface area (Å²) in [6, 6.07) is 25.6. The van der Waals surface area contributed by atoms with Gasteiger partial charge in [0.2, 0.25) is 0 Å². The monoisotopic (exact) mass is 578 g/mol. The van der Waals surface area contributed by atoms with Gasteiger partial charge in [-0.05, 0) is 90.3 Å². The predicted octanol–water partition coefficient (Wildman–Crippen LogP) is 6.93. The van der Waals surface area contributed by atoms with Crippen molar-refractivity contribution in [3.63, 3.8) is 0 Å². The minimum Gasteiger partial charge on any atom is -0.497 e. The third-order valence-corrected chi connectivity index (χ3v) is 6.64. The summed E-state index contributed by atoms with van der Waals surface area (Å²) in [6.07, 6.45) is 6.78. The summed E-state index contributed by atoms with van der Waals surface area (Å²) in [7, 11) is 6.38. The van der Waals surface area contributed by atoms with Crippen LogP contribution in [0, 0.1) is 0 Å². The molecule has 4 aromatic rings. The van der Waals surface area contributed by atoms with Crippen LogP contribution in [0.4, 0.5) is 11.4 Å². The molecular formula is C35H34N2O6. The van der Waals surface area contributed by atoms with Gasteiger partial charge in [0.15, 0.2) is 11.6 Å². The maximum Gasteiger partial charge on any atom is 0.187 e. The first kappa shape index (κ1) is 30.5. The summed E-state index contributed by atoms with van der Waals surface area (Å²) in [5.41, 5.74) is 4.67. The van der Waals surface area contributed by atoms with Crippen LogP contribution in [0.25, 0.3) is 0 Å². The van der Waals surface area contributed by atoms with Gasteiger partial charge in [-0.15, -0.1) is 0 Å². The molecule has 0 bridgehead atoms. The van der Waals surface area contributed by atoms with E-state index in [9.17, 15) is 9.59 Å². The fraction of sp³-hybridized carbons (Fsp3) is 0.143. The van der Waals surface area contributed by atoms with E-state index in [0.29, 0.717) is 40.5 Å². The maximum atomic E-state index is 12.5. The van der Waals surface area contributed by atoms with Crippen LogP contribution >= 0.6 is 0 Å². The SMILES string of the molecule is COc1ccc(C(=O)C=CNc2ccc(Cc3ccc(NC=CC(=O)c4ccc(OC)cc4)c(OC)c3)cc2OC)cc1. The second-order valence-corrected chi connectivity index (χ2v) is 9.39. The number of anilines is 2. The number of methoxy groups -OCH3 is 4. The zero-order chi connectivity index (χ0) is 30.6. The number of allylic oxidation sites excluding steroid dienone is 2. The molecule has 4 aromatic carbocycles. The van der Waals surface area contributed by atoms with Crippen LogP contribution in [0.3, 0.4) is 0 Å². The van der Waals surface area contributed by atoms with Gasteiger partial charge in [0.05, 0.1) is 39.8 Å². The molecule has 0 saturated carbocycles. The Hall–Kier alpha value is -5.50. The van der Waals surface area contributed by atoms with Gasteiger partial charge in [-0.25, -0.2) is 0 Å². The molecule has 8 nitrogen and oxygen atoms in total. The summed E-state index contributed by atoms with van der Waals surface area (Å²) < 4.78 is 21.5. The molecule has 43 heavy (non-hydrogen) atoms. The first-order valence-corrected chi connectivity index (χ1v) is 13.5. The molecule has 0 amide bonds. The van der Waals surface area contributed by atoms with E-state index in [-0.39, 0.29) is 11.6 Å². The van der Waals surface area contributed by atoms with Gasteiger partial charge in [0.25, 0.3) is 0 Å². The Morgan fingerprint density at radius 3 is 1.30 bits per heavy atom. The number of ether oxygens (including phenoxy) is 4. The van der Waals surface area contributed by atoms with Crippen LogP contribution in [0.2, 0.25) is 0 Å². The predicted molar refractivity (Wildman–Crippen MR) is 169 cm³/mol. The highest BCUT2D eigenvalue weighted by Gasteiger charge is 2.09. The van der Waals surface area contributed by atoms with Gasteiger partial charge in [-0.1, -0.05) is 12.1 Å². The second-order valence-electron chi connectivity index (χ2n) is 9.39. The smallest absolute Gasteiger partial charge is 0.187 e. The van der Waals surface area contributed by atoms with E-state index in [4.69, 9.17) is 18.9 Å². The Kier molecular flexibility index (Phi) is 10.6. The van der Waals surface area contributed by atoms with Crippen molar-refractivity contribution in [1.29, 1.82) is 0 Å². The lowest BCUT2D eigenvalue weighted by atomic mass is 10.0. The number of carbonyl (C=O) groups is 2. The fourth-order valence-corrected chi connectivity index (χ4v) is 4.28. The van der Waals surface area contributed by atoms with Gasteiger partial charge in [0.1, 0.15) is 23.0 Å². The molecule has 8 heteroatoms. The molecule has 0 aliphatic heterocycles. The molecule has 0 fully saturated rings. The zero-order valence-corrected chi connectivity index (χ0v) is 24.5. The number of nitrogens with one attached hydrogen (secondary N) is 2. The minimum atomic E-state index is -0.128. The molecule has 0 spiro atoms. The molecule has 2 N–H and O–H groups in total. The highest BCUT2D eigenvalue weighted by Crippen LogP contribution is 2.30. The standard InChI is InChI=1S/C35H34N2O6/c1-40-28-11-7-26(8-12-28)32(38)17-19-36-30-15-5-24(22-34(30)42-3)21-25-6-16-31(35(23-25)43-4)37-20-18-33(39)27-9-13-29(41-2)14-10-27/h5-20,22-23,36-37H,21H2,1-4H3. The topological polar surface area (TPSA) is 95.1 Å². The Balaban J connectivity index is 1.37. The Labute approximate surface area is 251 Å². The van der Waals surface area contributed by atoms with Crippen molar-refractivity contribution in [1.82, 2.24) is 0 Å². The molecule has 0 atom stereocenters. The molecule has 0 unspecified atom stereocenters. The molecule has 0 saturated heterocycles. The fourth-order valence-electron chi connectivity index (χ4n) is 4.28. The molecule has 220 valence electrons. The lowest BCUT2D eigenvalue weighted by Crippen LogP contribution is -1.99. The summed E-state index contributed by atoms with van der Waals surface area (Å²) in [6.45, 7) is 0. The van der Waals surface area contributed by atoms with E-state index >= 15 is 0 Å². The maximum absolute atomic E-state index is 12.5. The number of carbonyl (C=O) groups excluding carboxylic acids is 2. The molecule has 0 heterocycles. The van der Waals surface area contributed by atoms with Crippen molar-refractivity contribution in [3.8, 4) is 23.0 Å². The van der Waals surface area contributed by atoms with Crippen LogP contribution in [0.5, 0.6) is 23.0 Å². The molecule has 4 rings (SSSR count). The number of benzene rings is 4. The summed E-state index contributed by atoms with van der Waals surface area (Å²) in [4.78, 5) is 24.9. The third-order valence-electron chi connectivity index (χ3n) is 6.64.